The molecule has 3 nitrogen and oxygen atoms in total. The molecule has 0 aliphatic heterocycles. The van der Waals surface area contributed by atoms with Gasteiger partial charge in [-0.1, -0.05) is 17.7 Å². The van der Waals surface area contributed by atoms with Gasteiger partial charge < -0.3 is 5.32 Å². The van der Waals surface area contributed by atoms with Crippen molar-refractivity contribution in [1.29, 1.82) is 0 Å². The van der Waals surface area contributed by atoms with Gasteiger partial charge in [-0.15, -0.1) is 0 Å². The van der Waals surface area contributed by atoms with E-state index in [9.17, 15) is 4.39 Å². The van der Waals surface area contributed by atoms with Gasteiger partial charge in [0.25, 0.3) is 0 Å². The summed E-state index contributed by atoms with van der Waals surface area (Å²) in [7, 11) is 0. The molecule has 0 aliphatic carbocycles. The number of aromatic nitrogens is 2. The first-order valence-electron chi connectivity index (χ1n) is 5.15. The predicted octanol–water partition coefficient (Wildman–Crippen LogP) is 2.56. The van der Waals surface area contributed by atoms with Gasteiger partial charge in [0, 0.05) is 24.3 Å². The van der Waals surface area contributed by atoms with E-state index in [1.54, 1.807) is 12.3 Å². The summed E-state index contributed by atoms with van der Waals surface area (Å²) >= 11 is 5.91. The Morgan fingerprint density at radius 2 is 2.12 bits per heavy atom. The Morgan fingerprint density at radius 1 is 1.24 bits per heavy atom. The topological polar surface area (TPSA) is 37.8 Å². The van der Waals surface area contributed by atoms with Gasteiger partial charge in [-0.3, -0.25) is 0 Å². The average molecular weight is 252 g/mol. The van der Waals surface area contributed by atoms with E-state index in [1.165, 1.54) is 18.5 Å². The molecule has 0 saturated carbocycles. The molecule has 0 amide bonds. The second kappa shape index (κ2) is 5.70. The lowest BCUT2D eigenvalue weighted by atomic mass is 10.2. The lowest BCUT2D eigenvalue weighted by Crippen LogP contribution is -2.14. The minimum atomic E-state index is -0.324. The fraction of sp³-hybridized carbons (Fsp3) is 0.167. The number of hydrogen-bond donors (Lipinski definition) is 1. The summed E-state index contributed by atoms with van der Waals surface area (Å²) in [5.41, 5.74) is 1.76. The third-order valence-electron chi connectivity index (χ3n) is 2.28. The van der Waals surface area contributed by atoms with Crippen LogP contribution in [-0.4, -0.2) is 9.97 Å². The summed E-state index contributed by atoms with van der Waals surface area (Å²) in [6.07, 6.45) is 3.19. The Balaban J connectivity index is 1.90. The minimum absolute atomic E-state index is 0.324. The summed E-state index contributed by atoms with van der Waals surface area (Å²) in [5.74, 6) is -0.324. The number of nitrogens with zero attached hydrogens (tertiary/aromatic N) is 2. The second-order valence-electron chi connectivity index (χ2n) is 3.54. The predicted molar refractivity (Wildman–Crippen MR) is 64.0 cm³/mol. The lowest BCUT2D eigenvalue weighted by Gasteiger charge is -2.06. The van der Waals surface area contributed by atoms with Crippen molar-refractivity contribution < 1.29 is 4.39 Å². The smallest absolute Gasteiger partial charge is 0.124 e. The van der Waals surface area contributed by atoms with Crippen LogP contribution in [0.1, 0.15) is 11.3 Å². The van der Waals surface area contributed by atoms with Gasteiger partial charge in [-0.25, -0.2) is 14.4 Å². The molecule has 1 aromatic heterocycles. The normalized spacial score (nSPS) is 10.5. The molecule has 1 heterocycles. The maximum atomic E-state index is 12.8. The van der Waals surface area contributed by atoms with Crippen LogP contribution >= 0.6 is 11.6 Å². The molecule has 0 bridgehead atoms. The molecule has 0 spiro atoms. The van der Waals surface area contributed by atoms with E-state index in [0.717, 1.165) is 11.3 Å². The average Bonchev–Trinajstić information content (AvgIpc) is 2.33. The molecule has 0 radical (unpaired) electrons. The SMILES string of the molecule is Fc1ccc(CNCc2ccncn2)c(Cl)c1. The monoisotopic (exact) mass is 251 g/mol. The van der Waals surface area contributed by atoms with E-state index in [1.807, 2.05) is 6.07 Å². The molecule has 17 heavy (non-hydrogen) atoms. The van der Waals surface area contributed by atoms with Gasteiger partial charge in [0.15, 0.2) is 0 Å². The first-order chi connectivity index (χ1) is 8.25. The molecule has 1 aromatic carbocycles. The Labute approximate surface area is 104 Å². The number of rotatable bonds is 4. The van der Waals surface area contributed by atoms with E-state index < -0.39 is 0 Å². The Morgan fingerprint density at radius 3 is 2.82 bits per heavy atom. The number of nitrogens with one attached hydrogen (secondary N) is 1. The zero-order valence-electron chi connectivity index (χ0n) is 9.03. The Hall–Kier alpha value is -1.52. The van der Waals surface area contributed by atoms with Crippen LogP contribution in [0.4, 0.5) is 4.39 Å². The molecular weight excluding hydrogens is 241 g/mol. The first-order valence-corrected chi connectivity index (χ1v) is 5.53. The summed E-state index contributed by atoms with van der Waals surface area (Å²) < 4.78 is 12.8. The van der Waals surface area contributed by atoms with Crippen LogP contribution in [0.5, 0.6) is 0 Å². The maximum Gasteiger partial charge on any atom is 0.124 e. The van der Waals surface area contributed by atoms with Gasteiger partial charge in [-0.2, -0.15) is 0 Å². The van der Waals surface area contributed by atoms with Crippen molar-refractivity contribution in [3.8, 4) is 0 Å². The Kier molecular flexibility index (Phi) is 4.01. The highest BCUT2D eigenvalue weighted by Gasteiger charge is 2.01. The Bertz CT molecular complexity index is 490. The highest BCUT2D eigenvalue weighted by molar-refractivity contribution is 6.31. The van der Waals surface area contributed by atoms with Crippen molar-refractivity contribution in [3.05, 3.63) is 58.9 Å². The van der Waals surface area contributed by atoms with Crippen molar-refractivity contribution in [2.75, 3.05) is 0 Å². The molecule has 0 saturated heterocycles. The number of hydrogen-bond acceptors (Lipinski definition) is 3. The van der Waals surface area contributed by atoms with E-state index in [2.05, 4.69) is 15.3 Å². The van der Waals surface area contributed by atoms with Crippen LogP contribution in [0.2, 0.25) is 5.02 Å². The van der Waals surface area contributed by atoms with Crippen LogP contribution in [0, 0.1) is 5.82 Å². The third kappa shape index (κ3) is 3.47. The van der Waals surface area contributed by atoms with Crippen molar-refractivity contribution in [2.24, 2.45) is 0 Å². The zero-order valence-corrected chi connectivity index (χ0v) is 9.78. The van der Waals surface area contributed by atoms with Crippen LogP contribution < -0.4 is 5.32 Å². The maximum absolute atomic E-state index is 12.8. The number of halogens is 2. The second-order valence-corrected chi connectivity index (χ2v) is 3.95. The first kappa shape index (κ1) is 12.0. The van der Waals surface area contributed by atoms with Gasteiger partial charge in [-0.05, 0) is 23.8 Å². The van der Waals surface area contributed by atoms with Crippen LogP contribution in [-0.2, 0) is 13.1 Å². The summed E-state index contributed by atoms with van der Waals surface area (Å²) in [6.45, 7) is 1.19. The summed E-state index contributed by atoms with van der Waals surface area (Å²) in [6, 6.07) is 6.21. The fourth-order valence-corrected chi connectivity index (χ4v) is 1.65. The molecule has 0 unspecified atom stereocenters. The van der Waals surface area contributed by atoms with Gasteiger partial charge >= 0.3 is 0 Å². The number of benzene rings is 1. The summed E-state index contributed by atoms with van der Waals surface area (Å²) in [4.78, 5) is 7.91. The van der Waals surface area contributed by atoms with Crippen LogP contribution in [0.3, 0.4) is 0 Å². The third-order valence-corrected chi connectivity index (χ3v) is 2.63. The molecular formula is C12H11ClFN3. The van der Waals surface area contributed by atoms with Crippen LogP contribution in [0.25, 0.3) is 0 Å². The minimum Gasteiger partial charge on any atom is -0.307 e. The van der Waals surface area contributed by atoms with E-state index in [-0.39, 0.29) is 5.82 Å². The van der Waals surface area contributed by atoms with Crippen LogP contribution in [0.15, 0.2) is 36.8 Å². The molecule has 2 rings (SSSR count). The highest BCUT2D eigenvalue weighted by Crippen LogP contribution is 2.16. The molecule has 5 heteroatoms. The molecule has 88 valence electrons. The molecule has 0 fully saturated rings. The molecule has 1 N–H and O–H groups in total. The summed E-state index contributed by atoms with van der Waals surface area (Å²) in [5, 5.41) is 3.61. The van der Waals surface area contributed by atoms with E-state index >= 15 is 0 Å². The fourth-order valence-electron chi connectivity index (χ4n) is 1.41. The van der Waals surface area contributed by atoms with Crippen molar-refractivity contribution in [3.63, 3.8) is 0 Å². The van der Waals surface area contributed by atoms with Crippen molar-refractivity contribution >= 4 is 11.6 Å². The molecule has 0 atom stereocenters. The standard InChI is InChI=1S/C12H11ClFN3/c13-12-5-10(14)2-1-9(12)6-16-7-11-3-4-15-8-17-11/h1-5,8,16H,6-7H2. The molecule has 2 aromatic rings. The van der Waals surface area contributed by atoms with Gasteiger partial charge in [0.1, 0.15) is 12.1 Å². The van der Waals surface area contributed by atoms with Gasteiger partial charge in [0.2, 0.25) is 0 Å². The molecule has 0 aliphatic rings. The quantitative estimate of drug-likeness (QED) is 0.908. The lowest BCUT2D eigenvalue weighted by molar-refractivity contribution is 0.624. The zero-order chi connectivity index (χ0) is 12.1. The van der Waals surface area contributed by atoms with Crippen molar-refractivity contribution in [2.45, 2.75) is 13.1 Å². The van der Waals surface area contributed by atoms with Crippen molar-refractivity contribution in [1.82, 2.24) is 15.3 Å². The van der Waals surface area contributed by atoms with E-state index in [0.29, 0.717) is 18.1 Å². The highest BCUT2D eigenvalue weighted by atomic mass is 35.5. The van der Waals surface area contributed by atoms with Gasteiger partial charge in [0.05, 0.1) is 5.69 Å². The largest absolute Gasteiger partial charge is 0.307 e. The van der Waals surface area contributed by atoms with E-state index in [4.69, 9.17) is 11.6 Å².